The van der Waals surface area contributed by atoms with E-state index in [2.05, 4.69) is 12.3 Å². The maximum Gasteiger partial charge on any atom is 0.302 e. The molecular weight excluding hydrogens is 204 g/mol. The zero-order chi connectivity index (χ0) is 12.6. The molecule has 0 aromatic rings. The summed E-state index contributed by atoms with van der Waals surface area (Å²) in [5, 5.41) is 10.3. The maximum absolute atomic E-state index is 10.9. The van der Waals surface area contributed by atoms with Gasteiger partial charge in [0, 0.05) is 18.9 Å². The van der Waals surface area contributed by atoms with Gasteiger partial charge in [0.2, 0.25) is 0 Å². The van der Waals surface area contributed by atoms with Gasteiger partial charge in [0.05, 0.1) is 5.60 Å². The summed E-state index contributed by atoms with van der Waals surface area (Å²) in [6, 6.07) is 0. The highest BCUT2D eigenvalue weighted by atomic mass is 16.5. The molecule has 0 unspecified atom stereocenters. The van der Waals surface area contributed by atoms with Gasteiger partial charge in [-0.05, 0) is 18.8 Å². The van der Waals surface area contributed by atoms with Crippen molar-refractivity contribution >= 4 is 5.97 Å². The molecule has 0 aromatic carbocycles. The molecule has 1 N–H and O–H groups in total. The van der Waals surface area contributed by atoms with Crippen LogP contribution in [0.25, 0.3) is 0 Å². The van der Waals surface area contributed by atoms with Crippen molar-refractivity contribution in [2.75, 3.05) is 0 Å². The molecule has 1 aliphatic rings. The fourth-order valence-electron chi connectivity index (χ4n) is 2.77. The molecule has 90 valence electrons. The Morgan fingerprint density at radius 2 is 2.06 bits per heavy atom. The molecule has 0 heterocycles. The van der Waals surface area contributed by atoms with E-state index in [1.54, 1.807) is 6.92 Å². The number of hydrogen-bond acceptors (Lipinski definition) is 3. The molecule has 0 amide bonds. The van der Waals surface area contributed by atoms with Crippen molar-refractivity contribution in [2.45, 2.75) is 52.2 Å². The molecule has 2 atom stereocenters. The smallest absolute Gasteiger partial charge is 0.302 e. The predicted octanol–water partition coefficient (Wildman–Crippen LogP) is 2.20. The summed E-state index contributed by atoms with van der Waals surface area (Å²) in [6.45, 7) is 10.8. The lowest BCUT2D eigenvalue weighted by atomic mass is 9.65. The van der Waals surface area contributed by atoms with Crippen LogP contribution in [0.1, 0.15) is 40.5 Å². The molecule has 1 rings (SSSR count). The molecule has 1 aliphatic carbocycles. The molecule has 1 fully saturated rings. The highest BCUT2D eigenvalue weighted by molar-refractivity contribution is 5.66. The van der Waals surface area contributed by atoms with Crippen LogP contribution in [0.15, 0.2) is 17.9 Å². The van der Waals surface area contributed by atoms with Crippen molar-refractivity contribution in [1.82, 2.24) is 0 Å². The second-order valence-corrected chi connectivity index (χ2v) is 5.35. The minimum Gasteiger partial charge on any atom is -0.462 e. The minimum atomic E-state index is -0.996. The molecule has 0 bridgehead atoms. The van der Waals surface area contributed by atoms with Crippen molar-refractivity contribution in [2.24, 2.45) is 5.41 Å². The molecular formula is C13H20O3. The normalized spacial score (nSPS) is 33.1. The third-order valence-corrected chi connectivity index (χ3v) is 3.09. The van der Waals surface area contributed by atoms with Gasteiger partial charge in [0.1, 0.15) is 6.10 Å². The maximum atomic E-state index is 10.9. The van der Waals surface area contributed by atoms with Crippen LogP contribution in [-0.4, -0.2) is 22.8 Å². The van der Waals surface area contributed by atoms with Gasteiger partial charge in [-0.15, -0.1) is 5.73 Å². The largest absolute Gasteiger partial charge is 0.462 e. The Morgan fingerprint density at radius 1 is 1.50 bits per heavy atom. The first-order chi connectivity index (χ1) is 7.19. The summed E-state index contributed by atoms with van der Waals surface area (Å²) in [5.41, 5.74) is 2.39. The highest BCUT2D eigenvalue weighted by Crippen LogP contribution is 2.45. The van der Waals surface area contributed by atoms with Gasteiger partial charge in [0.15, 0.2) is 0 Å². The second kappa shape index (κ2) is 4.08. The van der Waals surface area contributed by atoms with E-state index in [1.807, 2.05) is 13.8 Å². The van der Waals surface area contributed by atoms with E-state index in [9.17, 15) is 9.90 Å². The predicted molar refractivity (Wildman–Crippen MR) is 61.8 cm³/mol. The summed E-state index contributed by atoms with van der Waals surface area (Å²) in [7, 11) is 0. The van der Waals surface area contributed by atoms with E-state index >= 15 is 0 Å². The fraction of sp³-hybridized carbons (Fsp3) is 0.692. The van der Waals surface area contributed by atoms with Gasteiger partial charge in [-0.3, -0.25) is 4.79 Å². The first-order valence-electron chi connectivity index (χ1n) is 5.49. The average molecular weight is 224 g/mol. The Bertz CT molecular complexity index is 326. The topological polar surface area (TPSA) is 46.5 Å². The SMILES string of the molecule is C=C=C1C(C)(C)C[C@H](OC(C)=O)C[C@@]1(C)O. The van der Waals surface area contributed by atoms with E-state index in [-0.39, 0.29) is 17.5 Å². The Hall–Kier alpha value is -1.05. The quantitative estimate of drug-likeness (QED) is 0.548. The van der Waals surface area contributed by atoms with E-state index in [4.69, 9.17) is 4.74 Å². The molecule has 1 saturated carbocycles. The highest BCUT2D eigenvalue weighted by Gasteiger charge is 2.45. The van der Waals surface area contributed by atoms with Gasteiger partial charge in [-0.1, -0.05) is 20.4 Å². The van der Waals surface area contributed by atoms with Crippen LogP contribution < -0.4 is 0 Å². The van der Waals surface area contributed by atoms with E-state index in [0.29, 0.717) is 12.8 Å². The van der Waals surface area contributed by atoms with Crippen LogP contribution >= 0.6 is 0 Å². The van der Waals surface area contributed by atoms with Gasteiger partial charge < -0.3 is 9.84 Å². The summed E-state index contributed by atoms with van der Waals surface area (Å²) in [6.07, 6.45) is 0.869. The number of carbonyl (C=O) groups excluding carboxylic acids is 1. The van der Waals surface area contributed by atoms with E-state index in [1.165, 1.54) is 6.92 Å². The van der Waals surface area contributed by atoms with Crippen LogP contribution in [0, 0.1) is 5.41 Å². The lowest BCUT2D eigenvalue weighted by molar-refractivity contribution is -0.152. The Morgan fingerprint density at radius 3 is 2.44 bits per heavy atom. The molecule has 16 heavy (non-hydrogen) atoms. The zero-order valence-corrected chi connectivity index (χ0v) is 10.5. The van der Waals surface area contributed by atoms with Crippen LogP contribution in [0.4, 0.5) is 0 Å². The Labute approximate surface area is 96.8 Å². The second-order valence-electron chi connectivity index (χ2n) is 5.35. The zero-order valence-electron chi connectivity index (χ0n) is 10.5. The lowest BCUT2D eigenvalue weighted by Gasteiger charge is -2.44. The van der Waals surface area contributed by atoms with Crippen molar-refractivity contribution in [1.29, 1.82) is 0 Å². The Balaban J connectivity index is 2.98. The number of rotatable bonds is 1. The number of esters is 1. The van der Waals surface area contributed by atoms with Crippen LogP contribution in [0.5, 0.6) is 0 Å². The summed E-state index contributed by atoms with van der Waals surface area (Å²) < 4.78 is 5.19. The lowest BCUT2D eigenvalue weighted by Crippen LogP contribution is -2.46. The summed E-state index contributed by atoms with van der Waals surface area (Å²) in [4.78, 5) is 10.9. The average Bonchev–Trinajstić information content (AvgIpc) is 1.97. The van der Waals surface area contributed by atoms with Crippen LogP contribution in [0.3, 0.4) is 0 Å². The van der Waals surface area contributed by atoms with Crippen molar-refractivity contribution in [3.63, 3.8) is 0 Å². The minimum absolute atomic E-state index is 0.236. The first-order valence-corrected chi connectivity index (χ1v) is 5.49. The molecule has 3 nitrogen and oxygen atoms in total. The molecule has 0 aromatic heterocycles. The first kappa shape index (κ1) is 13.0. The Kier molecular flexibility index (Phi) is 3.32. The van der Waals surface area contributed by atoms with Gasteiger partial charge in [0.25, 0.3) is 0 Å². The molecule has 3 heteroatoms. The van der Waals surface area contributed by atoms with Gasteiger partial charge >= 0.3 is 5.97 Å². The van der Waals surface area contributed by atoms with Crippen molar-refractivity contribution in [3.05, 3.63) is 17.9 Å². The number of hydrogen-bond donors (Lipinski definition) is 1. The van der Waals surface area contributed by atoms with Gasteiger partial charge in [-0.25, -0.2) is 0 Å². The number of ether oxygens (including phenoxy) is 1. The van der Waals surface area contributed by atoms with E-state index in [0.717, 1.165) is 5.57 Å². The molecule has 0 saturated heterocycles. The van der Waals surface area contributed by atoms with E-state index < -0.39 is 5.60 Å². The summed E-state index contributed by atoms with van der Waals surface area (Å²) in [5.74, 6) is -0.303. The van der Waals surface area contributed by atoms with Crippen LogP contribution in [0.2, 0.25) is 0 Å². The molecule has 0 radical (unpaired) electrons. The third kappa shape index (κ3) is 2.55. The fourth-order valence-corrected chi connectivity index (χ4v) is 2.77. The third-order valence-electron chi connectivity index (χ3n) is 3.09. The molecule has 0 spiro atoms. The molecule has 0 aliphatic heterocycles. The number of aliphatic hydroxyl groups is 1. The van der Waals surface area contributed by atoms with Crippen molar-refractivity contribution in [3.8, 4) is 0 Å². The van der Waals surface area contributed by atoms with Gasteiger partial charge in [-0.2, -0.15) is 0 Å². The van der Waals surface area contributed by atoms with Crippen LogP contribution in [-0.2, 0) is 9.53 Å². The monoisotopic (exact) mass is 224 g/mol. The standard InChI is InChI=1S/C13H20O3/c1-6-11-12(3,4)7-10(16-9(2)14)8-13(11,5)15/h10,15H,1,7-8H2,2-5H3/t10-,13+/m0/s1. The number of carbonyl (C=O) groups is 1. The van der Waals surface area contributed by atoms with Crippen molar-refractivity contribution < 1.29 is 14.6 Å². The summed E-state index contributed by atoms with van der Waals surface area (Å²) >= 11 is 0.